The zero-order valence-electron chi connectivity index (χ0n) is 34.9. The van der Waals surface area contributed by atoms with Gasteiger partial charge >= 0.3 is 0 Å². The zero-order valence-corrected chi connectivity index (χ0v) is 34.9. The molecule has 0 saturated heterocycles. The van der Waals surface area contributed by atoms with E-state index in [-0.39, 0.29) is 0 Å². The SMILES string of the molecule is c1ccc(-c2c(-c3ccccc3)c3cc(-c4cccc(N(c5ccc6c(ccc7ccccc76)c5)c5ccc6oc7c8ccccc8ccc7c6c5)c4)ccc3c3ccccc23)cc1. The maximum absolute atomic E-state index is 6.61. The van der Waals surface area contributed by atoms with Crippen LogP contribution in [0.2, 0.25) is 0 Å². The van der Waals surface area contributed by atoms with Gasteiger partial charge in [0.05, 0.1) is 0 Å². The number of furan rings is 1. The van der Waals surface area contributed by atoms with E-state index in [0.29, 0.717) is 0 Å². The van der Waals surface area contributed by atoms with Crippen LogP contribution in [0.1, 0.15) is 0 Å². The molecule has 0 atom stereocenters. The Bertz CT molecular complexity index is 3960. The van der Waals surface area contributed by atoms with E-state index in [1.807, 2.05) is 0 Å². The Morgan fingerprint density at radius 3 is 1.56 bits per heavy atom. The first-order valence-corrected chi connectivity index (χ1v) is 22.0. The minimum absolute atomic E-state index is 0.876. The quantitative estimate of drug-likeness (QED) is 0.156. The van der Waals surface area contributed by atoms with Gasteiger partial charge in [-0.3, -0.25) is 0 Å². The molecule has 0 radical (unpaired) electrons. The van der Waals surface area contributed by atoms with Crippen molar-refractivity contribution in [1.29, 1.82) is 0 Å². The molecule has 13 aromatic rings. The molecule has 0 aliphatic carbocycles. The first-order chi connectivity index (χ1) is 31.7. The summed E-state index contributed by atoms with van der Waals surface area (Å²) in [5, 5.41) is 14.4. The van der Waals surface area contributed by atoms with Gasteiger partial charge in [0.2, 0.25) is 0 Å². The third-order valence-electron chi connectivity index (χ3n) is 13.2. The average Bonchev–Trinajstić information content (AvgIpc) is 3.75. The summed E-state index contributed by atoms with van der Waals surface area (Å²) in [5.74, 6) is 0. The molecule has 1 aromatic heterocycles. The third-order valence-corrected chi connectivity index (χ3v) is 13.2. The number of fused-ring (bicyclic) bond motifs is 11. The summed E-state index contributed by atoms with van der Waals surface area (Å²) in [6.07, 6.45) is 0. The molecule has 0 saturated carbocycles. The summed E-state index contributed by atoms with van der Waals surface area (Å²) in [4.78, 5) is 2.40. The molecule has 64 heavy (non-hydrogen) atoms. The Kier molecular flexibility index (Phi) is 8.25. The van der Waals surface area contributed by atoms with Crippen LogP contribution in [-0.4, -0.2) is 0 Å². The van der Waals surface area contributed by atoms with E-state index in [2.05, 4.69) is 241 Å². The summed E-state index contributed by atoms with van der Waals surface area (Å²) in [5.41, 5.74) is 12.2. The fourth-order valence-corrected chi connectivity index (χ4v) is 10.2. The topological polar surface area (TPSA) is 16.4 Å². The molecule has 13 rings (SSSR count). The van der Waals surface area contributed by atoms with Crippen LogP contribution in [0.5, 0.6) is 0 Å². The molecule has 0 aliphatic heterocycles. The molecule has 0 bridgehead atoms. The van der Waals surface area contributed by atoms with Crippen LogP contribution in [0.4, 0.5) is 17.1 Å². The van der Waals surface area contributed by atoms with Crippen molar-refractivity contribution >= 4 is 92.9 Å². The predicted molar refractivity (Wildman–Crippen MR) is 272 cm³/mol. The highest BCUT2D eigenvalue weighted by atomic mass is 16.3. The van der Waals surface area contributed by atoms with E-state index < -0.39 is 0 Å². The van der Waals surface area contributed by atoms with E-state index in [0.717, 1.165) is 55.5 Å². The Labute approximate surface area is 370 Å². The van der Waals surface area contributed by atoms with Crippen molar-refractivity contribution in [1.82, 2.24) is 0 Å². The van der Waals surface area contributed by atoms with Crippen molar-refractivity contribution in [2.45, 2.75) is 0 Å². The largest absolute Gasteiger partial charge is 0.455 e. The molecule has 298 valence electrons. The van der Waals surface area contributed by atoms with Crippen molar-refractivity contribution in [2.75, 3.05) is 4.90 Å². The molecule has 0 spiro atoms. The summed E-state index contributed by atoms with van der Waals surface area (Å²) < 4.78 is 6.61. The number of anilines is 3. The van der Waals surface area contributed by atoms with E-state index in [9.17, 15) is 0 Å². The molecule has 2 nitrogen and oxygen atoms in total. The molecule has 0 amide bonds. The van der Waals surface area contributed by atoms with E-state index in [1.165, 1.54) is 70.7 Å². The number of benzene rings is 12. The molecular weight excluding hydrogens is 775 g/mol. The summed E-state index contributed by atoms with van der Waals surface area (Å²) >= 11 is 0. The normalized spacial score (nSPS) is 11.8. The minimum Gasteiger partial charge on any atom is -0.455 e. The summed E-state index contributed by atoms with van der Waals surface area (Å²) in [6, 6.07) is 86.2. The lowest BCUT2D eigenvalue weighted by Gasteiger charge is -2.26. The second-order valence-corrected chi connectivity index (χ2v) is 16.8. The van der Waals surface area contributed by atoms with E-state index in [1.54, 1.807) is 0 Å². The van der Waals surface area contributed by atoms with Crippen LogP contribution in [0, 0.1) is 0 Å². The van der Waals surface area contributed by atoms with Crippen LogP contribution in [-0.2, 0) is 0 Å². The molecule has 0 fully saturated rings. The fourth-order valence-electron chi connectivity index (χ4n) is 10.2. The molecule has 1 heterocycles. The second kappa shape index (κ2) is 14.6. The summed E-state index contributed by atoms with van der Waals surface area (Å²) in [7, 11) is 0. The molecule has 0 unspecified atom stereocenters. The molecule has 12 aromatic carbocycles. The van der Waals surface area contributed by atoms with Gasteiger partial charge in [-0.15, -0.1) is 0 Å². The summed E-state index contributed by atoms with van der Waals surface area (Å²) in [6.45, 7) is 0. The lowest BCUT2D eigenvalue weighted by Crippen LogP contribution is -2.10. The van der Waals surface area contributed by atoms with Crippen molar-refractivity contribution in [3.8, 4) is 33.4 Å². The second-order valence-electron chi connectivity index (χ2n) is 16.8. The van der Waals surface area contributed by atoms with Gasteiger partial charge in [-0.2, -0.15) is 0 Å². The Morgan fingerprint density at radius 1 is 0.250 bits per heavy atom. The fraction of sp³-hybridized carbons (Fsp3) is 0. The van der Waals surface area contributed by atoms with E-state index >= 15 is 0 Å². The maximum atomic E-state index is 6.61. The van der Waals surface area contributed by atoms with E-state index in [4.69, 9.17) is 4.42 Å². The smallest absolute Gasteiger partial charge is 0.143 e. The van der Waals surface area contributed by atoms with Crippen LogP contribution >= 0.6 is 0 Å². The highest BCUT2D eigenvalue weighted by Crippen LogP contribution is 2.47. The molecule has 0 aliphatic rings. The molecular formula is C62H39NO. The maximum Gasteiger partial charge on any atom is 0.143 e. The Morgan fingerprint density at radius 2 is 0.766 bits per heavy atom. The van der Waals surface area contributed by atoms with Crippen LogP contribution < -0.4 is 4.90 Å². The standard InChI is InChI=1S/C62H39NO/c1-3-16-42(17-4-1)60-55-25-12-11-24-53(55)54-32-29-45(38-58(54)61(60)43-18-5-2-6-19-43)44-20-13-21-47(36-44)63(48-30-34-51-46(37-48)27-26-40-14-7-9-22-50(40)51)49-31-35-59-57(39-49)56-33-28-41-15-8-10-23-52(41)62(56)64-59/h1-39H. The van der Waals surface area contributed by atoms with Gasteiger partial charge in [0.15, 0.2) is 0 Å². The van der Waals surface area contributed by atoms with Gasteiger partial charge < -0.3 is 9.32 Å². The number of rotatable bonds is 6. The third kappa shape index (κ3) is 5.81. The van der Waals surface area contributed by atoms with Crippen LogP contribution in [0.3, 0.4) is 0 Å². The molecule has 0 N–H and O–H groups in total. The lowest BCUT2D eigenvalue weighted by atomic mass is 9.84. The number of hydrogen-bond donors (Lipinski definition) is 0. The lowest BCUT2D eigenvalue weighted by molar-refractivity contribution is 0.672. The Hall–Kier alpha value is -8.46. The monoisotopic (exact) mass is 813 g/mol. The van der Waals surface area contributed by atoms with Gasteiger partial charge in [0, 0.05) is 33.2 Å². The zero-order chi connectivity index (χ0) is 42.1. The van der Waals surface area contributed by atoms with Gasteiger partial charge in [-0.1, -0.05) is 182 Å². The van der Waals surface area contributed by atoms with Crippen molar-refractivity contribution < 1.29 is 4.42 Å². The van der Waals surface area contributed by atoms with Crippen LogP contribution in [0.25, 0.3) is 109 Å². The van der Waals surface area contributed by atoms with Crippen molar-refractivity contribution in [3.05, 3.63) is 237 Å². The number of nitrogens with zero attached hydrogens (tertiary/aromatic N) is 1. The minimum atomic E-state index is 0.876. The highest BCUT2D eigenvalue weighted by molar-refractivity contribution is 6.22. The first-order valence-electron chi connectivity index (χ1n) is 22.0. The van der Waals surface area contributed by atoms with Gasteiger partial charge in [-0.05, 0) is 136 Å². The Balaban J connectivity index is 1.03. The molecule has 2 heteroatoms. The van der Waals surface area contributed by atoms with Gasteiger partial charge in [0.25, 0.3) is 0 Å². The van der Waals surface area contributed by atoms with Crippen LogP contribution in [0.15, 0.2) is 241 Å². The number of hydrogen-bond acceptors (Lipinski definition) is 2. The first kappa shape index (κ1) is 36.2. The van der Waals surface area contributed by atoms with Crippen molar-refractivity contribution in [3.63, 3.8) is 0 Å². The average molecular weight is 814 g/mol. The van der Waals surface area contributed by atoms with Gasteiger partial charge in [0.1, 0.15) is 11.2 Å². The predicted octanol–water partition coefficient (Wildman–Crippen LogP) is 17.8. The highest BCUT2D eigenvalue weighted by Gasteiger charge is 2.21. The van der Waals surface area contributed by atoms with Crippen molar-refractivity contribution in [2.24, 2.45) is 0 Å². The van der Waals surface area contributed by atoms with Gasteiger partial charge in [-0.25, -0.2) is 0 Å².